The molecule has 4 atom stereocenters. The average molecular weight is 990 g/mol. The first-order valence-electron chi connectivity index (χ1n) is 21.9. The number of hydrogen-bond acceptors (Lipinski definition) is 14. The third-order valence-corrected chi connectivity index (χ3v) is 13.8. The topological polar surface area (TPSA) is 189 Å². The number of aromatic carboxylic acids is 1. The van der Waals surface area contributed by atoms with Crippen molar-refractivity contribution in [1.29, 1.82) is 0 Å². The van der Waals surface area contributed by atoms with Crippen LogP contribution >= 0.6 is 45.9 Å². The molecule has 2 fully saturated rings. The van der Waals surface area contributed by atoms with Crippen molar-refractivity contribution in [2.75, 3.05) is 26.9 Å². The second-order valence-corrected chi connectivity index (χ2v) is 19.1. The molecular formula is C49H58Cl2O13S2. The molecule has 2 unspecified atom stereocenters. The Morgan fingerprint density at radius 3 is 1.62 bits per heavy atom. The Balaban J connectivity index is 0.000000258. The summed E-state index contributed by atoms with van der Waals surface area (Å²) in [7, 11) is 1.38. The fourth-order valence-corrected chi connectivity index (χ4v) is 10.2. The van der Waals surface area contributed by atoms with Crippen molar-refractivity contribution < 1.29 is 62.7 Å². The van der Waals surface area contributed by atoms with Gasteiger partial charge in [0, 0.05) is 46.5 Å². The Labute approximate surface area is 403 Å². The van der Waals surface area contributed by atoms with Gasteiger partial charge in [-0.25, -0.2) is 9.59 Å². The van der Waals surface area contributed by atoms with Gasteiger partial charge in [-0.1, -0.05) is 23.2 Å². The first-order chi connectivity index (χ1) is 31.6. The zero-order valence-electron chi connectivity index (χ0n) is 37.6. The summed E-state index contributed by atoms with van der Waals surface area (Å²) in [5, 5.41) is 19.3. The van der Waals surface area contributed by atoms with Crippen molar-refractivity contribution in [3.8, 4) is 11.5 Å². The molecule has 17 heteroatoms. The van der Waals surface area contributed by atoms with Crippen LogP contribution in [0.3, 0.4) is 0 Å². The number of carboxylic acids is 1. The van der Waals surface area contributed by atoms with Gasteiger partial charge in [0.15, 0.2) is 0 Å². The third kappa shape index (κ3) is 18.1. The number of esters is 3. The van der Waals surface area contributed by atoms with Crippen LogP contribution in [0.5, 0.6) is 11.5 Å². The Kier molecular flexibility index (Phi) is 22.6. The predicted molar refractivity (Wildman–Crippen MR) is 253 cm³/mol. The van der Waals surface area contributed by atoms with Crippen molar-refractivity contribution in [1.82, 2.24) is 0 Å². The Bertz CT molecular complexity index is 2250. The van der Waals surface area contributed by atoms with Crippen molar-refractivity contribution in [3.63, 3.8) is 0 Å². The quantitative estimate of drug-likeness (QED) is 0.0629. The van der Waals surface area contributed by atoms with Crippen molar-refractivity contribution in [3.05, 3.63) is 101 Å². The molecule has 66 heavy (non-hydrogen) atoms. The predicted octanol–water partition coefficient (Wildman–Crippen LogP) is 10.4. The summed E-state index contributed by atoms with van der Waals surface area (Å²) >= 11 is 15.0. The number of carbonyl (C=O) groups excluding carboxylic acids is 5. The molecule has 0 saturated heterocycles. The van der Waals surface area contributed by atoms with Gasteiger partial charge in [0.25, 0.3) is 0 Å². The van der Waals surface area contributed by atoms with Gasteiger partial charge in [-0.3, -0.25) is 19.2 Å². The Hall–Kier alpha value is -4.80. The van der Waals surface area contributed by atoms with Crippen LogP contribution in [0.4, 0.5) is 0 Å². The van der Waals surface area contributed by atoms with Gasteiger partial charge in [-0.05, 0) is 142 Å². The number of aliphatic hydroxyl groups excluding tert-OH is 1. The number of carboxylic acid groups (broad SMARTS) is 1. The number of ketones is 2. The smallest absolute Gasteiger partial charge is 0.348 e. The lowest BCUT2D eigenvalue weighted by molar-refractivity contribution is -0.142. The molecule has 2 aliphatic rings. The molecule has 2 aromatic carbocycles. The second kappa shape index (κ2) is 27.7. The number of carbonyl (C=O) groups is 6. The summed E-state index contributed by atoms with van der Waals surface area (Å²) in [5.41, 5.74) is 1.41. The van der Waals surface area contributed by atoms with Crippen LogP contribution in [0, 0.1) is 23.7 Å². The number of thiophene rings is 2. The van der Waals surface area contributed by atoms with Crippen molar-refractivity contribution >= 4 is 81.3 Å². The minimum Gasteiger partial charge on any atom is -0.493 e. The number of rotatable bonds is 20. The lowest BCUT2D eigenvalue weighted by Crippen LogP contribution is -2.23. The maximum Gasteiger partial charge on any atom is 0.348 e. The maximum absolute atomic E-state index is 12.4. The molecule has 2 aromatic heterocycles. The van der Waals surface area contributed by atoms with Crippen molar-refractivity contribution in [2.24, 2.45) is 23.7 Å². The minimum atomic E-state index is -0.889. The van der Waals surface area contributed by atoms with Gasteiger partial charge in [-0.15, -0.1) is 22.7 Å². The number of aryl methyl sites for hydroxylation is 2. The van der Waals surface area contributed by atoms with E-state index in [9.17, 15) is 33.9 Å². The highest BCUT2D eigenvalue weighted by Gasteiger charge is 2.36. The Morgan fingerprint density at radius 1 is 0.697 bits per heavy atom. The number of aliphatic hydroxyl groups is 1. The highest BCUT2D eigenvalue weighted by Crippen LogP contribution is 2.36. The van der Waals surface area contributed by atoms with Crippen LogP contribution in [0.1, 0.15) is 112 Å². The van der Waals surface area contributed by atoms with E-state index in [4.69, 9.17) is 47.3 Å². The van der Waals surface area contributed by atoms with Crippen LogP contribution in [0.25, 0.3) is 0 Å². The van der Waals surface area contributed by atoms with E-state index in [2.05, 4.69) is 4.74 Å². The van der Waals surface area contributed by atoms with Crippen LogP contribution in [0.2, 0.25) is 10.0 Å². The molecule has 358 valence electrons. The molecule has 0 radical (unpaired) electrons. The summed E-state index contributed by atoms with van der Waals surface area (Å²) in [5.74, 6) is 0.117. The lowest BCUT2D eigenvalue weighted by atomic mass is 9.91. The molecule has 2 aliphatic carbocycles. The largest absolute Gasteiger partial charge is 0.493 e. The standard InChI is InChI=1S/C24H27ClO6S.C21H23ClO5S.C4H8O2/c1-15(26)30-13-16-10-18(25)12-19(11-16)31-14-21-17(6-8-22(21)27)4-3-5-20-7-9-23(32-20)24(28)29-2;22-15-8-13(11-23)9-16(10-15)27-12-18-14(4-6-19(18)24)2-1-3-17-5-7-20(28-17)21(25)26;1-3-6-4(2)5/h7,9-12,17,21H,3-6,8,13-14H2,1-2H3;5,7-10,14,18,23H,1-4,6,11-12H2,(H,25,26);3H2,1-2H3/t17?,21-;14?,18-;/m11./s1. The number of hydrogen-bond donors (Lipinski definition) is 2. The van der Waals surface area contributed by atoms with Crippen molar-refractivity contribution in [2.45, 2.75) is 98.2 Å². The fourth-order valence-electron chi connectivity index (χ4n) is 7.87. The Morgan fingerprint density at radius 2 is 1.18 bits per heavy atom. The van der Waals surface area contributed by atoms with Gasteiger partial charge < -0.3 is 33.9 Å². The summed E-state index contributed by atoms with van der Waals surface area (Å²) < 4.78 is 25.9. The maximum atomic E-state index is 12.4. The second-order valence-electron chi connectivity index (χ2n) is 15.9. The molecule has 4 aromatic rings. The zero-order chi connectivity index (χ0) is 48.2. The molecule has 0 amide bonds. The van der Waals surface area contributed by atoms with Gasteiger partial charge in [-0.2, -0.15) is 0 Å². The zero-order valence-corrected chi connectivity index (χ0v) is 40.8. The molecule has 0 aliphatic heterocycles. The summed E-state index contributed by atoms with van der Waals surface area (Å²) in [4.78, 5) is 71.3. The number of methoxy groups -OCH3 is 1. The molecule has 2 N–H and O–H groups in total. The van der Waals surface area contributed by atoms with E-state index < -0.39 is 5.97 Å². The van der Waals surface area contributed by atoms with E-state index in [-0.39, 0.29) is 66.4 Å². The first-order valence-corrected chi connectivity index (χ1v) is 24.2. The minimum absolute atomic E-state index is 0.117. The van der Waals surface area contributed by atoms with Gasteiger partial charge >= 0.3 is 23.9 Å². The highest BCUT2D eigenvalue weighted by molar-refractivity contribution is 7.14. The van der Waals surface area contributed by atoms with E-state index in [0.717, 1.165) is 66.7 Å². The molecule has 0 bridgehead atoms. The van der Waals surface area contributed by atoms with E-state index in [1.807, 2.05) is 12.1 Å². The highest BCUT2D eigenvalue weighted by atomic mass is 35.5. The summed E-state index contributed by atoms with van der Waals surface area (Å²) in [6.07, 6.45) is 8.30. The van der Waals surface area contributed by atoms with Crippen LogP contribution in [0.15, 0.2) is 60.7 Å². The molecule has 13 nitrogen and oxygen atoms in total. The van der Waals surface area contributed by atoms with Crippen LogP contribution in [-0.2, 0) is 59.4 Å². The number of ether oxygens (including phenoxy) is 5. The third-order valence-electron chi connectivity index (χ3n) is 11.1. The van der Waals surface area contributed by atoms with Crippen LogP contribution in [-0.4, -0.2) is 72.6 Å². The molecule has 2 saturated carbocycles. The van der Waals surface area contributed by atoms with E-state index in [1.54, 1.807) is 55.5 Å². The summed E-state index contributed by atoms with van der Waals surface area (Å²) in [6.45, 7) is 5.63. The summed E-state index contributed by atoms with van der Waals surface area (Å²) in [6, 6.07) is 17.6. The lowest BCUT2D eigenvalue weighted by Gasteiger charge is -2.19. The number of Topliss-reactive ketones (excluding diaryl/α,β-unsaturated/α-hetero) is 2. The van der Waals surface area contributed by atoms with Gasteiger partial charge in [0.05, 0.1) is 45.4 Å². The molecule has 0 spiro atoms. The normalized spacial score (nSPS) is 17.5. The average Bonchev–Trinajstić information content (AvgIpc) is 4.10. The fraction of sp³-hybridized carbons (Fsp3) is 0.469. The monoisotopic (exact) mass is 988 g/mol. The first kappa shape index (κ1) is 53.8. The number of halogens is 2. The SMILES string of the molecule is CCOC(C)=O.COC(=O)c1ccc(CCCC2CCC(=O)[C@@H]2COc2cc(Cl)cc(COC(C)=O)c2)s1.O=C(O)c1ccc(CCCC2CCC(=O)[C@@H]2COc2cc(Cl)cc(CO)c2)s1. The molecule has 6 rings (SSSR count). The van der Waals surface area contributed by atoms with Gasteiger partial charge in [0.2, 0.25) is 0 Å². The van der Waals surface area contributed by atoms with Crippen LogP contribution < -0.4 is 9.47 Å². The van der Waals surface area contributed by atoms with E-state index in [0.29, 0.717) is 69.5 Å². The van der Waals surface area contributed by atoms with E-state index in [1.165, 1.54) is 43.6 Å². The molecular weight excluding hydrogens is 932 g/mol. The number of benzene rings is 2. The van der Waals surface area contributed by atoms with E-state index >= 15 is 0 Å². The molecule has 2 heterocycles. The van der Waals surface area contributed by atoms with Gasteiger partial charge in [0.1, 0.15) is 39.4 Å².